The number of nitrogens with one attached hydrogen (secondary N) is 1. The van der Waals surface area contributed by atoms with E-state index in [1.807, 2.05) is 31.2 Å². The van der Waals surface area contributed by atoms with E-state index in [9.17, 15) is 14.0 Å². The van der Waals surface area contributed by atoms with Crippen molar-refractivity contribution >= 4 is 11.8 Å². The number of nitrogens with zero attached hydrogens (tertiary/aromatic N) is 1. The molecule has 1 heterocycles. The minimum Gasteiger partial charge on any atom is -0.497 e. The fourth-order valence-electron chi connectivity index (χ4n) is 3.61. The average Bonchev–Trinajstić information content (AvgIpc) is 3.17. The maximum atomic E-state index is 14.1. The lowest BCUT2D eigenvalue weighted by atomic mass is 9.88. The highest BCUT2D eigenvalue weighted by Crippen LogP contribution is 2.34. The van der Waals surface area contributed by atoms with Crippen molar-refractivity contribution in [1.29, 1.82) is 0 Å². The third-order valence-corrected chi connectivity index (χ3v) is 5.14. The first-order valence-corrected chi connectivity index (χ1v) is 9.50. The SMILES string of the molecule is CCCNC(=O)[C@@H]1CN(C(=O)c2ccccc2F)C[C@@H]1c1ccc(OC)cc1. The highest BCUT2D eigenvalue weighted by molar-refractivity contribution is 5.95. The summed E-state index contributed by atoms with van der Waals surface area (Å²) >= 11 is 0. The Morgan fingerprint density at radius 3 is 2.50 bits per heavy atom. The maximum absolute atomic E-state index is 14.1. The molecule has 0 saturated carbocycles. The summed E-state index contributed by atoms with van der Waals surface area (Å²) in [7, 11) is 1.60. The normalized spacial score (nSPS) is 18.8. The molecule has 0 radical (unpaired) electrons. The van der Waals surface area contributed by atoms with Crippen molar-refractivity contribution in [3.63, 3.8) is 0 Å². The van der Waals surface area contributed by atoms with Crippen LogP contribution in [0.15, 0.2) is 48.5 Å². The zero-order valence-electron chi connectivity index (χ0n) is 16.2. The van der Waals surface area contributed by atoms with Gasteiger partial charge in [-0.3, -0.25) is 9.59 Å². The highest BCUT2D eigenvalue weighted by atomic mass is 19.1. The Hall–Kier alpha value is -2.89. The Morgan fingerprint density at radius 1 is 1.14 bits per heavy atom. The van der Waals surface area contributed by atoms with E-state index in [-0.39, 0.29) is 35.8 Å². The predicted octanol–water partition coefficient (Wildman–Crippen LogP) is 3.22. The second-order valence-electron chi connectivity index (χ2n) is 6.97. The first-order valence-electron chi connectivity index (χ1n) is 9.50. The minimum absolute atomic E-state index is 0.0330. The van der Waals surface area contributed by atoms with Crippen LogP contribution in [0.25, 0.3) is 0 Å². The van der Waals surface area contributed by atoms with E-state index in [2.05, 4.69) is 5.32 Å². The van der Waals surface area contributed by atoms with Crippen molar-refractivity contribution in [3.8, 4) is 5.75 Å². The van der Waals surface area contributed by atoms with Crippen LogP contribution in [0.1, 0.15) is 35.2 Å². The summed E-state index contributed by atoms with van der Waals surface area (Å²) in [5.41, 5.74) is 0.992. The molecule has 28 heavy (non-hydrogen) atoms. The van der Waals surface area contributed by atoms with Crippen LogP contribution >= 0.6 is 0 Å². The van der Waals surface area contributed by atoms with Gasteiger partial charge in [0, 0.05) is 25.6 Å². The van der Waals surface area contributed by atoms with Crippen LogP contribution in [0.2, 0.25) is 0 Å². The van der Waals surface area contributed by atoms with E-state index in [1.165, 1.54) is 12.1 Å². The summed E-state index contributed by atoms with van der Waals surface area (Å²) in [6.07, 6.45) is 0.837. The molecule has 2 amide bonds. The number of rotatable bonds is 6. The number of carbonyl (C=O) groups excluding carboxylic acids is 2. The lowest BCUT2D eigenvalue weighted by Crippen LogP contribution is -2.36. The summed E-state index contributed by atoms with van der Waals surface area (Å²) in [4.78, 5) is 27.2. The minimum atomic E-state index is -0.549. The van der Waals surface area contributed by atoms with Crippen molar-refractivity contribution in [1.82, 2.24) is 10.2 Å². The van der Waals surface area contributed by atoms with E-state index in [0.717, 1.165) is 17.7 Å². The Morgan fingerprint density at radius 2 is 1.86 bits per heavy atom. The topological polar surface area (TPSA) is 58.6 Å². The van der Waals surface area contributed by atoms with Crippen molar-refractivity contribution < 1.29 is 18.7 Å². The molecule has 2 aromatic rings. The van der Waals surface area contributed by atoms with Gasteiger partial charge in [0.2, 0.25) is 5.91 Å². The Balaban J connectivity index is 1.86. The zero-order chi connectivity index (χ0) is 20.1. The number of benzene rings is 2. The van der Waals surface area contributed by atoms with Crippen molar-refractivity contribution in [2.45, 2.75) is 19.3 Å². The quantitative estimate of drug-likeness (QED) is 0.832. The van der Waals surface area contributed by atoms with Crippen LogP contribution in [0.4, 0.5) is 4.39 Å². The number of methoxy groups -OCH3 is 1. The molecule has 1 saturated heterocycles. The maximum Gasteiger partial charge on any atom is 0.256 e. The first kappa shape index (κ1) is 19.9. The standard InChI is InChI=1S/C22H25FN2O3/c1-3-12-24-21(26)19-14-25(22(27)17-6-4-5-7-20(17)23)13-18(19)15-8-10-16(28-2)11-9-15/h4-11,18-19H,3,12-14H2,1-2H3,(H,24,26)/t18-,19-/m1/s1. The van der Waals surface area contributed by atoms with E-state index < -0.39 is 5.82 Å². The van der Waals surface area contributed by atoms with Gasteiger partial charge >= 0.3 is 0 Å². The van der Waals surface area contributed by atoms with E-state index in [0.29, 0.717) is 13.1 Å². The van der Waals surface area contributed by atoms with E-state index in [1.54, 1.807) is 24.1 Å². The Bertz CT molecular complexity index is 838. The molecule has 0 spiro atoms. The Kier molecular flexibility index (Phi) is 6.29. The second-order valence-corrected chi connectivity index (χ2v) is 6.97. The van der Waals surface area contributed by atoms with Crippen LogP contribution in [-0.4, -0.2) is 43.5 Å². The summed E-state index contributed by atoms with van der Waals surface area (Å²) < 4.78 is 19.3. The van der Waals surface area contributed by atoms with Gasteiger partial charge in [0.25, 0.3) is 5.91 Å². The van der Waals surface area contributed by atoms with Crippen LogP contribution < -0.4 is 10.1 Å². The molecular formula is C22H25FN2O3. The number of hydrogen-bond acceptors (Lipinski definition) is 3. The monoisotopic (exact) mass is 384 g/mol. The molecule has 3 rings (SSSR count). The molecule has 1 fully saturated rings. The average molecular weight is 384 g/mol. The zero-order valence-corrected chi connectivity index (χ0v) is 16.2. The molecule has 1 N–H and O–H groups in total. The largest absolute Gasteiger partial charge is 0.497 e. The smallest absolute Gasteiger partial charge is 0.256 e. The van der Waals surface area contributed by atoms with Crippen LogP contribution in [-0.2, 0) is 4.79 Å². The van der Waals surface area contributed by atoms with Gasteiger partial charge in [-0.2, -0.15) is 0 Å². The van der Waals surface area contributed by atoms with Gasteiger partial charge in [-0.15, -0.1) is 0 Å². The molecule has 0 aliphatic carbocycles. The van der Waals surface area contributed by atoms with Crippen LogP contribution in [0.3, 0.4) is 0 Å². The van der Waals surface area contributed by atoms with Gasteiger partial charge in [-0.1, -0.05) is 31.2 Å². The molecule has 0 unspecified atom stereocenters. The molecular weight excluding hydrogens is 359 g/mol. The number of likely N-dealkylation sites (tertiary alicyclic amines) is 1. The van der Waals surface area contributed by atoms with Crippen molar-refractivity contribution in [2.75, 3.05) is 26.7 Å². The lowest BCUT2D eigenvalue weighted by molar-refractivity contribution is -0.124. The van der Waals surface area contributed by atoms with Gasteiger partial charge in [0.1, 0.15) is 11.6 Å². The fourth-order valence-corrected chi connectivity index (χ4v) is 3.61. The predicted molar refractivity (Wildman–Crippen MR) is 105 cm³/mol. The van der Waals surface area contributed by atoms with Crippen molar-refractivity contribution in [3.05, 3.63) is 65.5 Å². The number of amides is 2. The van der Waals surface area contributed by atoms with Crippen molar-refractivity contribution in [2.24, 2.45) is 5.92 Å². The third kappa shape index (κ3) is 4.16. The summed E-state index contributed by atoms with van der Waals surface area (Å²) in [5.74, 6) is -0.816. The second kappa shape index (κ2) is 8.87. The fraction of sp³-hybridized carbons (Fsp3) is 0.364. The summed E-state index contributed by atoms with van der Waals surface area (Å²) in [6, 6.07) is 13.5. The van der Waals surface area contributed by atoms with Gasteiger partial charge < -0.3 is 15.0 Å². The molecule has 1 aliphatic rings. The molecule has 5 nitrogen and oxygen atoms in total. The number of ether oxygens (including phenoxy) is 1. The van der Waals surface area contributed by atoms with Gasteiger partial charge in [0.15, 0.2) is 0 Å². The first-order chi connectivity index (χ1) is 13.5. The molecule has 0 bridgehead atoms. The van der Waals surface area contributed by atoms with Gasteiger partial charge in [-0.25, -0.2) is 4.39 Å². The molecule has 6 heteroatoms. The van der Waals surface area contributed by atoms with E-state index >= 15 is 0 Å². The van der Waals surface area contributed by atoms with Crippen LogP contribution in [0.5, 0.6) is 5.75 Å². The number of hydrogen-bond donors (Lipinski definition) is 1. The molecule has 2 atom stereocenters. The third-order valence-electron chi connectivity index (χ3n) is 5.14. The molecule has 0 aromatic heterocycles. The summed E-state index contributed by atoms with van der Waals surface area (Å²) in [5, 5.41) is 2.93. The Labute approximate surface area is 164 Å². The van der Waals surface area contributed by atoms with Crippen LogP contribution in [0, 0.1) is 11.7 Å². The highest BCUT2D eigenvalue weighted by Gasteiger charge is 2.40. The van der Waals surface area contributed by atoms with E-state index in [4.69, 9.17) is 4.74 Å². The molecule has 1 aliphatic heterocycles. The molecule has 148 valence electrons. The number of carbonyl (C=O) groups is 2. The molecule has 2 aromatic carbocycles. The van der Waals surface area contributed by atoms with Gasteiger partial charge in [0.05, 0.1) is 18.6 Å². The van der Waals surface area contributed by atoms with Gasteiger partial charge in [-0.05, 0) is 36.2 Å². The number of halogens is 1. The summed E-state index contributed by atoms with van der Waals surface area (Å²) in [6.45, 7) is 3.21. The lowest BCUT2D eigenvalue weighted by Gasteiger charge is -2.18.